The van der Waals surface area contributed by atoms with Crippen LogP contribution in [0.25, 0.3) is 0 Å². The van der Waals surface area contributed by atoms with Crippen LogP contribution >= 0.6 is 11.3 Å². The van der Waals surface area contributed by atoms with E-state index in [0.29, 0.717) is 6.42 Å². The van der Waals surface area contributed by atoms with E-state index in [-0.39, 0.29) is 35.3 Å². The van der Waals surface area contributed by atoms with Crippen molar-refractivity contribution in [2.24, 2.45) is 0 Å². The maximum absolute atomic E-state index is 11.8. The SMILES string of the molecule is CCOC(=O)CCCNS(=O)(=O)c1cc(C(=O)O)cs1. The van der Waals surface area contributed by atoms with Gasteiger partial charge < -0.3 is 9.84 Å². The second-order valence-electron chi connectivity index (χ2n) is 3.77. The van der Waals surface area contributed by atoms with Crippen LogP contribution in [0.5, 0.6) is 0 Å². The van der Waals surface area contributed by atoms with Crippen LogP contribution < -0.4 is 4.72 Å². The molecule has 0 radical (unpaired) electrons. The number of carboxylic acid groups (broad SMARTS) is 1. The molecule has 20 heavy (non-hydrogen) atoms. The molecule has 0 saturated carbocycles. The Labute approximate surface area is 120 Å². The highest BCUT2D eigenvalue weighted by atomic mass is 32.2. The number of esters is 1. The van der Waals surface area contributed by atoms with E-state index in [1.54, 1.807) is 6.92 Å². The van der Waals surface area contributed by atoms with Gasteiger partial charge in [-0.15, -0.1) is 11.3 Å². The number of hydrogen-bond acceptors (Lipinski definition) is 6. The molecule has 0 atom stereocenters. The first-order valence-electron chi connectivity index (χ1n) is 5.84. The van der Waals surface area contributed by atoms with Gasteiger partial charge in [0, 0.05) is 18.3 Å². The predicted octanol–water partition coefficient (Wildman–Crippen LogP) is 1.07. The standard InChI is InChI=1S/C11H15NO6S2/c1-2-18-9(13)4-3-5-12-20(16,17)10-6-8(7-19-10)11(14)15/h6-7,12H,2-5H2,1H3,(H,14,15). The normalized spacial score (nSPS) is 11.2. The van der Waals surface area contributed by atoms with E-state index in [1.807, 2.05) is 0 Å². The Morgan fingerprint density at radius 1 is 1.45 bits per heavy atom. The first kappa shape index (κ1) is 16.6. The largest absolute Gasteiger partial charge is 0.478 e. The summed E-state index contributed by atoms with van der Waals surface area (Å²) in [5, 5.41) is 9.99. The average molecular weight is 321 g/mol. The lowest BCUT2D eigenvalue weighted by Crippen LogP contribution is -2.24. The third-order valence-corrected chi connectivity index (χ3v) is 5.14. The number of ether oxygens (including phenoxy) is 1. The molecule has 1 aromatic rings. The topological polar surface area (TPSA) is 110 Å². The molecular weight excluding hydrogens is 306 g/mol. The van der Waals surface area contributed by atoms with Gasteiger partial charge >= 0.3 is 11.9 Å². The lowest BCUT2D eigenvalue weighted by Gasteiger charge is -2.04. The van der Waals surface area contributed by atoms with Crippen LogP contribution in [-0.2, 0) is 19.6 Å². The van der Waals surface area contributed by atoms with Crippen LogP contribution in [0.2, 0.25) is 0 Å². The zero-order chi connectivity index (χ0) is 15.2. The summed E-state index contributed by atoms with van der Waals surface area (Å²) >= 11 is 0.834. The Morgan fingerprint density at radius 2 is 2.15 bits per heavy atom. The van der Waals surface area contributed by atoms with E-state index < -0.39 is 16.0 Å². The van der Waals surface area contributed by atoms with Gasteiger partial charge in [-0.25, -0.2) is 17.9 Å². The van der Waals surface area contributed by atoms with Crippen molar-refractivity contribution in [3.63, 3.8) is 0 Å². The fraction of sp³-hybridized carbons (Fsp3) is 0.455. The van der Waals surface area contributed by atoms with Crippen molar-refractivity contribution in [2.45, 2.75) is 24.0 Å². The number of sulfonamides is 1. The highest BCUT2D eigenvalue weighted by Gasteiger charge is 2.18. The third kappa shape index (κ3) is 4.91. The molecule has 7 nitrogen and oxygen atoms in total. The van der Waals surface area contributed by atoms with Gasteiger partial charge in [-0.1, -0.05) is 0 Å². The second-order valence-corrected chi connectivity index (χ2v) is 6.67. The Kier molecular flexibility index (Phi) is 6.11. The molecule has 1 aromatic heterocycles. The molecule has 0 bridgehead atoms. The van der Waals surface area contributed by atoms with Crippen molar-refractivity contribution in [1.29, 1.82) is 0 Å². The van der Waals surface area contributed by atoms with Gasteiger partial charge in [0.2, 0.25) is 10.0 Å². The number of thiophene rings is 1. The fourth-order valence-corrected chi connectivity index (χ4v) is 3.59. The van der Waals surface area contributed by atoms with Crippen molar-refractivity contribution in [2.75, 3.05) is 13.2 Å². The molecule has 0 aliphatic carbocycles. The minimum atomic E-state index is -3.73. The lowest BCUT2D eigenvalue weighted by molar-refractivity contribution is -0.143. The summed E-state index contributed by atoms with van der Waals surface area (Å²) in [5.74, 6) is -1.55. The van der Waals surface area contributed by atoms with E-state index in [9.17, 15) is 18.0 Å². The van der Waals surface area contributed by atoms with Crippen LogP contribution in [0.4, 0.5) is 0 Å². The van der Waals surface area contributed by atoms with E-state index in [4.69, 9.17) is 9.84 Å². The molecule has 0 saturated heterocycles. The van der Waals surface area contributed by atoms with Crippen LogP contribution in [0.3, 0.4) is 0 Å². The fourth-order valence-electron chi connectivity index (χ4n) is 1.31. The monoisotopic (exact) mass is 321 g/mol. The van der Waals surface area contributed by atoms with Crippen molar-refractivity contribution in [3.05, 3.63) is 17.0 Å². The minimum Gasteiger partial charge on any atom is -0.478 e. The summed E-state index contributed by atoms with van der Waals surface area (Å²) < 4.78 is 30.6. The summed E-state index contributed by atoms with van der Waals surface area (Å²) in [7, 11) is -3.73. The van der Waals surface area contributed by atoms with E-state index >= 15 is 0 Å². The van der Waals surface area contributed by atoms with Gasteiger partial charge in [-0.3, -0.25) is 4.79 Å². The molecule has 1 heterocycles. The molecule has 2 N–H and O–H groups in total. The number of carbonyl (C=O) groups is 2. The molecule has 9 heteroatoms. The molecule has 0 spiro atoms. The summed E-state index contributed by atoms with van der Waals surface area (Å²) in [6.45, 7) is 2.07. The molecule has 0 aliphatic rings. The van der Waals surface area contributed by atoms with E-state index in [1.165, 1.54) is 5.38 Å². The second kappa shape index (κ2) is 7.36. The lowest BCUT2D eigenvalue weighted by atomic mass is 10.3. The summed E-state index contributed by atoms with van der Waals surface area (Å²) in [6.07, 6.45) is 0.441. The molecular formula is C11H15NO6S2. The Balaban J connectivity index is 2.49. The van der Waals surface area contributed by atoms with E-state index in [2.05, 4.69) is 4.72 Å². The number of rotatable bonds is 8. The zero-order valence-electron chi connectivity index (χ0n) is 10.8. The van der Waals surface area contributed by atoms with Crippen molar-refractivity contribution < 1.29 is 27.9 Å². The molecule has 0 aromatic carbocycles. The van der Waals surface area contributed by atoms with Crippen LogP contribution in [0, 0.1) is 0 Å². The minimum absolute atomic E-state index is 0.0639. The number of hydrogen-bond donors (Lipinski definition) is 2. The smallest absolute Gasteiger partial charge is 0.336 e. The Morgan fingerprint density at radius 3 is 2.70 bits per heavy atom. The third-order valence-electron chi connectivity index (χ3n) is 2.24. The first-order chi connectivity index (χ1) is 9.36. The average Bonchev–Trinajstić information content (AvgIpc) is 2.85. The number of carboxylic acids is 1. The molecule has 112 valence electrons. The highest BCUT2D eigenvalue weighted by molar-refractivity contribution is 7.91. The van der Waals surface area contributed by atoms with Gasteiger partial charge in [0.25, 0.3) is 0 Å². The van der Waals surface area contributed by atoms with Crippen LogP contribution in [0.1, 0.15) is 30.1 Å². The Bertz CT molecular complexity index is 577. The van der Waals surface area contributed by atoms with Gasteiger partial charge in [-0.05, 0) is 19.4 Å². The quantitative estimate of drug-likeness (QED) is 0.547. The van der Waals surface area contributed by atoms with Gasteiger partial charge in [-0.2, -0.15) is 0 Å². The number of nitrogens with one attached hydrogen (secondary N) is 1. The predicted molar refractivity (Wildman–Crippen MR) is 72.3 cm³/mol. The zero-order valence-corrected chi connectivity index (χ0v) is 12.4. The highest BCUT2D eigenvalue weighted by Crippen LogP contribution is 2.19. The van der Waals surface area contributed by atoms with Crippen molar-refractivity contribution in [1.82, 2.24) is 4.72 Å². The van der Waals surface area contributed by atoms with Crippen molar-refractivity contribution >= 4 is 33.3 Å². The summed E-state index contributed by atoms with van der Waals surface area (Å²) in [5.41, 5.74) is -0.0677. The Hall–Kier alpha value is -1.45. The van der Waals surface area contributed by atoms with Gasteiger partial charge in [0.1, 0.15) is 4.21 Å². The van der Waals surface area contributed by atoms with Crippen LogP contribution in [0.15, 0.2) is 15.7 Å². The molecule has 1 rings (SSSR count). The molecule has 0 unspecified atom stereocenters. The molecule has 0 aliphatic heterocycles. The summed E-state index contributed by atoms with van der Waals surface area (Å²) in [6, 6.07) is 1.10. The van der Waals surface area contributed by atoms with Crippen LogP contribution in [-0.4, -0.2) is 38.6 Å². The number of carbonyl (C=O) groups excluding carboxylic acids is 1. The maximum Gasteiger partial charge on any atom is 0.336 e. The van der Waals surface area contributed by atoms with Crippen molar-refractivity contribution in [3.8, 4) is 0 Å². The molecule has 0 fully saturated rings. The summed E-state index contributed by atoms with van der Waals surface area (Å²) in [4.78, 5) is 21.7. The first-order valence-corrected chi connectivity index (χ1v) is 8.20. The van der Waals surface area contributed by atoms with Gasteiger partial charge in [0.15, 0.2) is 0 Å². The maximum atomic E-state index is 11.8. The van der Waals surface area contributed by atoms with E-state index in [0.717, 1.165) is 17.4 Å². The number of aromatic carboxylic acids is 1. The van der Waals surface area contributed by atoms with Gasteiger partial charge in [0.05, 0.1) is 12.2 Å². The molecule has 0 amide bonds.